The van der Waals surface area contributed by atoms with Crippen LogP contribution in [-0.2, 0) is 73.4 Å². The maximum Gasteiger partial charge on any atom is 2.00 e. The number of esters is 2. The van der Waals surface area contributed by atoms with E-state index < -0.39 is 64.4 Å². The van der Waals surface area contributed by atoms with E-state index in [9.17, 15) is 34.7 Å². The van der Waals surface area contributed by atoms with Crippen LogP contribution in [0.2, 0.25) is 0 Å². The predicted molar refractivity (Wildman–Crippen MR) is 190 cm³/mol. The molecule has 4 aliphatic rings. The maximum atomic E-state index is 17.4. The number of hydrogen-bond donors (Lipinski definition) is 1. The first kappa shape index (κ1) is 44.0. The Kier molecular flexibility index (Phi) is 14.4. The van der Waals surface area contributed by atoms with Gasteiger partial charge in [0, 0.05) is 47.6 Å². The summed E-state index contributed by atoms with van der Waals surface area (Å²) >= 11 is 9.21. The second kappa shape index (κ2) is 17.4. The number of ether oxygens (including phenoxy) is 2. The Hall–Kier alpha value is -3.39. The third-order valence-electron chi connectivity index (χ3n) is 11.4. The molecule has 1 N–H and O–H groups in total. The largest absolute Gasteiger partial charge is 2.00 e. The molecule has 3 fully saturated rings. The van der Waals surface area contributed by atoms with Crippen molar-refractivity contribution in [3.8, 4) is 0 Å². The summed E-state index contributed by atoms with van der Waals surface area (Å²) in [6, 6.07) is 9.92. The quantitative estimate of drug-likeness (QED) is 0.146. The summed E-state index contributed by atoms with van der Waals surface area (Å²) in [4.78, 5) is 50.3. The van der Waals surface area contributed by atoms with E-state index in [1.165, 1.54) is 24.5 Å². The van der Waals surface area contributed by atoms with E-state index in [1.807, 2.05) is 6.92 Å². The van der Waals surface area contributed by atoms with Gasteiger partial charge in [0.15, 0.2) is 36.1 Å². The molecule has 53 heavy (non-hydrogen) atoms. The first-order valence-corrected chi connectivity index (χ1v) is 18.2. The van der Waals surface area contributed by atoms with Crippen LogP contribution in [0.15, 0.2) is 82.6 Å². The molecule has 0 radical (unpaired) electrons. The van der Waals surface area contributed by atoms with Gasteiger partial charge in [-0.2, -0.15) is 9.46 Å². The predicted octanol–water partition coefficient (Wildman–Crippen LogP) is 4.27. The van der Waals surface area contributed by atoms with Gasteiger partial charge in [0.2, 0.25) is 5.78 Å². The van der Waals surface area contributed by atoms with Crippen molar-refractivity contribution >= 4 is 48.8 Å². The summed E-state index contributed by atoms with van der Waals surface area (Å²) in [5.74, 6) is -3.31. The van der Waals surface area contributed by atoms with Gasteiger partial charge in [-0.25, -0.2) is 4.39 Å². The zero-order valence-electron chi connectivity index (χ0n) is 30.6. The SMILES string of the molecule is CCC(=O)OCC(=O)[C@@]1(OC(=O)CC)[C@@H](C)C[C@H]2[C@@H]3CCC4=CC(=O)C=C[C@]4(C)[C@@]3(F)[C@@H](O)C[C@@]21C.[O-][n+]1ccccc1[S-].[O-][n+]1ccccc1[S-].[Zn+2]. The number of fused-ring (bicyclic) bond motifs is 5. The Balaban J connectivity index is 0.000000364. The number of carbonyl (C=O) groups excluding carboxylic acids is 4. The van der Waals surface area contributed by atoms with Crippen molar-refractivity contribution in [3.05, 3.63) is 83.0 Å². The van der Waals surface area contributed by atoms with Crippen LogP contribution in [0.3, 0.4) is 0 Å². The first-order valence-electron chi connectivity index (χ1n) is 17.3. The number of carbonyl (C=O) groups is 4. The van der Waals surface area contributed by atoms with Crippen molar-refractivity contribution in [2.45, 2.75) is 101 Å². The fraction of sp³-hybridized carbons (Fsp3) is 0.526. The van der Waals surface area contributed by atoms with Crippen LogP contribution in [-0.4, -0.2) is 52.6 Å². The molecule has 0 aliphatic heterocycles. The molecule has 0 unspecified atom stereocenters. The van der Waals surface area contributed by atoms with E-state index in [0.29, 0.717) is 44.3 Å². The van der Waals surface area contributed by atoms with Crippen molar-refractivity contribution < 1.29 is 67.1 Å². The van der Waals surface area contributed by atoms with Gasteiger partial charge >= 0.3 is 31.4 Å². The van der Waals surface area contributed by atoms with Gasteiger partial charge in [0.05, 0.1) is 16.2 Å². The zero-order valence-corrected chi connectivity index (χ0v) is 35.2. The van der Waals surface area contributed by atoms with Crippen molar-refractivity contribution in [2.24, 2.45) is 28.6 Å². The molecule has 4 aliphatic carbocycles. The second-order valence-corrected chi connectivity index (χ2v) is 15.0. The average molecular weight is 822 g/mol. The summed E-state index contributed by atoms with van der Waals surface area (Å²) in [6.07, 6.45) is 7.07. The topological polar surface area (TPSA) is 161 Å². The van der Waals surface area contributed by atoms with Crippen molar-refractivity contribution in [3.63, 3.8) is 0 Å². The summed E-state index contributed by atoms with van der Waals surface area (Å²) < 4.78 is 29.8. The number of nitrogens with zero attached hydrogens (tertiary/aromatic N) is 2. The van der Waals surface area contributed by atoms with E-state index >= 15 is 4.39 Å². The van der Waals surface area contributed by atoms with Crippen LogP contribution in [0.4, 0.5) is 4.39 Å². The molecule has 6 rings (SSSR count). The van der Waals surface area contributed by atoms with Crippen LogP contribution in [0.25, 0.3) is 0 Å². The minimum atomic E-state index is -2.05. The molecule has 11 nitrogen and oxygen atoms in total. The number of hydrogen-bond acceptors (Lipinski definition) is 11. The number of allylic oxidation sites excluding steroid dienone is 4. The van der Waals surface area contributed by atoms with Crippen LogP contribution < -0.4 is 9.46 Å². The third-order valence-corrected chi connectivity index (χ3v) is 12.0. The van der Waals surface area contributed by atoms with E-state index in [2.05, 4.69) is 25.3 Å². The normalized spacial score (nSPS) is 32.0. The minimum Gasteiger partial charge on any atom is -0.709 e. The summed E-state index contributed by atoms with van der Waals surface area (Å²) in [5.41, 5.74) is -5.26. The van der Waals surface area contributed by atoms with Crippen molar-refractivity contribution in [1.82, 2.24) is 0 Å². The molecule has 3 saturated carbocycles. The van der Waals surface area contributed by atoms with Gasteiger partial charge in [-0.15, -0.1) is 0 Å². The molecule has 8 atom stereocenters. The molecule has 2 heterocycles. The molecule has 2 aromatic heterocycles. The fourth-order valence-corrected chi connectivity index (χ4v) is 9.11. The number of aliphatic hydroxyl groups is 1. The molecule has 282 valence electrons. The van der Waals surface area contributed by atoms with Crippen LogP contribution in [0, 0.1) is 39.0 Å². The number of pyridine rings is 2. The van der Waals surface area contributed by atoms with Gasteiger partial charge in [-0.1, -0.05) is 51.5 Å². The number of rotatable bonds is 6. The average Bonchev–Trinajstić information content (AvgIpc) is 3.33. The number of Topliss-reactive ketones (excluding diaryl/α,β-unsaturated/α-hetero) is 1. The van der Waals surface area contributed by atoms with E-state index in [1.54, 1.807) is 70.2 Å². The van der Waals surface area contributed by atoms with Gasteiger partial charge in [-0.3, -0.25) is 19.2 Å². The Morgan fingerprint density at radius 1 is 0.981 bits per heavy atom. The third kappa shape index (κ3) is 8.04. The van der Waals surface area contributed by atoms with Gasteiger partial charge in [-0.05, 0) is 62.8 Å². The van der Waals surface area contributed by atoms with Gasteiger partial charge in [0.25, 0.3) is 0 Å². The summed E-state index contributed by atoms with van der Waals surface area (Å²) in [7, 11) is 0. The second-order valence-electron chi connectivity index (χ2n) is 14.1. The van der Waals surface area contributed by atoms with Crippen molar-refractivity contribution in [2.75, 3.05) is 6.61 Å². The van der Waals surface area contributed by atoms with Crippen LogP contribution in [0.1, 0.15) is 73.1 Å². The summed E-state index contributed by atoms with van der Waals surface area (Å²) in [5, 5.41) is 33.0. The minimum absolute atomic E-state index is 0. The Labute approximate surface area is 333 Å². The number of ketones is 2. The van der Waals surface area contributed by atoms with Crippen molar-refractivity contribution in [1.29, 1.82) is 0 Å². The Morgan fingerprint density at radius 3 is 2.04 bits per heavy atom. The molecule has 0 aromatic carbocycles. The molecule has 15 heteroatoms. The van der Waals surface area contributed by atoms with Crippen LogP contribution in [0.5, 0.6) is 0 Å². The molecule has 0 saturated heterocycles. The fourth-order valence-electron chi connectivity index (χ4n) is 8.83. The monoisotopic (exact) mass is 820 g/mol. The first-order chi connectivity index (χ1) is 24.4. The zero-order chi connectivity index (χ0) is 38.6. The molecule has 0 amide bonds. The number of alkyl halides is 1. The van der Waals surface area contributed by atoms with Gasteiger partial charge < -0.3 is 50.3 Å². The standard InChI is InChI=1S/C28H37FO7.2C5H5NOS.Zn/c1-6-23(33)35-15-22(32)28(36-24(34)7-2)16(3)12-20-19-9-8-17-13-18(30)10-11-25(17,4)27(19,29)21(31)14-26(20,28)5;2*7-6-4-2-1-3-5(6)8;/h10-11,13,16,19-21,31H,6-9,12,14-15H2,1-5H3;2*1-4,8H;/q;;;+2/p-2/t16-,19-,20-,21-,25-,26-,27-,28-;;;/m0.../s1. The number of halogens is 1. The Morgan fingerprint density at radius 2 is 1.55 bits per heavy atom. The van der Waals surface area contributed by atoms with Crippen LogP contribution >= 0.6 is 0 Å². The Bertz CT molecular complexity index is 1680. The summed E-state index contributed by atoms with van der Waals surface area (Å²) in [6.45, 7) is 8.05. The molecular formula is C38H45FN2O9S2Zn. The molecular weight excluding hydrogens is 777 g/mol. The van der Waals surface area contributed by atoms with E-state index in [-0.39, 0.29) is 50.4 Å². The van der Waals surface area contributed by atoms with E-state index in [0.717, 1.165) is 0 Å². The molecule has 2 aromatic rings. The van der Waals surface area contributed by atoms with E-state index in [4.69, 9.17) is 9.47 Å². The number of aromatic nitrogens is 2. The smallest absolute Gasteiger partial charge is 0.709 e. The number of aliphatic hydroxyl groups excluding tert-OH is 1. The molecule has 0 spiro atoms. The van der Waals surface area contributed by atoms with Gasteiger partial charge in [0.1, 0.15) is 0 Å². The maximum absolute atomic E-state index is 17.4. The molecule has 0 bridgehead atoms.